The third kappa shape index (κ3) is 2.88. The van der Waals surface area contributed by atoms with E-state index in [0.29, 0.717) is 0 Å². The van der Waals surface area contributed by atoms with Crippen LogP contribution in [0.25, 0.3) is 0 Å². The van der Waals surface area contributed by atoms with Crippen LogP contribution in [0.15, 0.2) is 30.3 Å². The largest absolute Gasteiger partial charge is 0.271 e. The Balaban J connectivity index is 2.55. The van der Waals surface area contributed by atoms with Gasteiger partial charge in [0.15, 0.2) is 0 Å². The van der Waals surface area contributed by atoms with Crippen molar-refractivity contribution >= 4 is 11.6 Å². The third-order valence-corrected chi connectivity index (χ3v) is 4.13. The van der Waals surface area contributed by atoms with Crippen LogP contribution in [0.5, 0.6) is 0 Å². The predicted molar refractivity (Wildman–Crippen MR) is 86.0 cm³/mol. The highest BCUT2D eigenvalue weighted by atomic mass is 35.5. The number of nitrogens with one attached hydrogen (secondary N) is 1. The fraction of sp³-hybridized carbons (Fsp3) is 0.294. The first-order valence-corrected chi connectivity index (χ1v) is 7.11. The number of hydrogen-bond acceptors (Lipinski definition) is 2. The maximum absolute atomic E-state index is 6.24. The number of hydrogen-bond donors (Lipinski definition) is 2. The Kier molecular flexibility index (Phi) is 4.48. The van der Waals surface area contributed by atoms with Crippen molar-refractivity contribution in [2.45, 2.75) is 33.7 Å². The summed E-state index contributed by atoms with van der Waals surface area (Å²) >= 11 is 6.24. The molecule has 0 fully saturated rings. The molecular formula is C17H21ClN2. The molecule has 0 saturated heterocycles. The van der Waals surface area contributed by atoms with Crippen LogP contribution in [0.1, 0.15) is 39.4 Å². The van der Waals surface area contributed by atoms with Crippen LogP contribution in [0.4, 0.5) is 0 Å². The highest BCUT2D eigenvalue weighted by Gasteiger charge is 2.18. The van der Waals surface area contributed by atoms with E-state index in [1.54, 1.807) is 0 Å². The number of aryl methyl sites for hydroxylation is 4. The molecule has 0 bridgehead atoms. The summed E-state index contributed by atoms with van der Waals surface area (Å²) in [7, 11) is 0. The molecule has 20 heavy (non-hydrogen) atoms. The molecule has 3 heteroatoms. The summed E-state index contributed by atoms with van der Waals surface area (Å²) in [6, 6.07) is 10.4. The highest BCUT2D eigenvalue weighted by Crippen LogP contribution is 2.30. The van der Waals surface area contributed by atoms with Crippen molar-refractivity contribution in [3.63, 3.8) is 0 Å². The van der Waals surface area contributed by atoms with Crippen molar-refractivity contribution in [3.05, 3.63) is 68.7 Å². The molecule has 2 aromatic rings. The second kappa shape index (κ2) is 5.96. The molecule has 0 saturated carbocycles. The lowest BCUT2D eigenvalue weighted by Gasteiger charge is -2.22. The van der Waals surface area contributed by atoms with Crippen LogP contribution in [-0.4, -0.2) is 0 Å². The Hall–Kier alpha value is -1.35. The van der Waals surface area contributed by atoms with Gasteiger partial charge in [0.1, 0.15) is 0 Å². The fourth-order valence-electron chi connectivity index (χ4n) is 2.78. The summed E-state index contributed by atoms with van der Waals surface area (Å²) in [5.41, 5.74) is 10.0. The standard InChI is InChI=1S/C17H21ClN2/c1-10-7-12(3)16(13(4)8-10)17(20-19)14-6-5-11(2)15(18)9-14/h5-9,17,20H,19H2,1-4H3. The number of benzene rings is 2. The van der Waals surface area contributed by atoms with Crippen LogP contribution in [0.2, 0.25) is 5.02 Å². The Morgan fingerprint density at radius 3 is 2.05 bits per heavy atom. The summed E-state index contributed by atoms with van der Waals surface area (Å²) in [6.45, 7) is 8.35. The average Bonchev–Trinajstić information content (AvgIpc) is 2.37. The molecule has 0 radical (unpaired) electrons. The van der Waals surface area contributed by atoms with Gasteiger partial charge in [-0.25, -0.2) is 5.43 Å². The van der Waals surface area contributed by atoms with Gasteiger partial charge in [0.05, 0.1) is 6.04 Å². The highest BCUT2D eigenvalue weighted by molar-refractivity contribution is 6.31. The molecule has 106 valence electrons. The number of halogens is 1. The Morgan fingerprint density at radius 2 is 1.55 bits per heavy atom. The molecule has 0 spiro atoms. The van der Waals surface area contributed by atoms with Gasteiger partial charge in [0.2, 0.25) is 0 Å². The van der Waals surface area contributed by atoms with E-state index in [0.717, 1.165) is 16.1 Å². The van der Waals surface area contributed by atoms with Gasteiger partial charge in [-0.2, -0.15) is 0 Å². The zero-order valence-corrected chi connectivity index (χ0v) is 13.2. The topological polar surface area (TPSA) is 38.0 Å². The normalized spacial score (nSPS) is 12.5. The van der Waals surface area contributed by atoms with Crippen LogP contribution in [0, 0.1) is 27.7 Å². The maximum Gasteiger partial charge on any atom is 0.0715 e. The van der Waals surface area contributed by atoms with Crippen molar-refractivity contribution in [2.75, 3.05) is 0 Å². The van der Waals surface area contributed by atoms with E-state index < -0.39 is 0 Å². The van der Waals surface area contributed by atoms with Gasteiger partial charge in [0, 0.05) is 5.02 Å². The van der Waals surface area contributed by atoms with Gasteiger partial charge >= 0.3 is 0 Å². The van der Waals surface area contributed by atoms with E-state index in [9.17, 15) is 0 Å². The second-order valence-corrected chi connectivity index (χ2v) is 5.83. The SMILES string of the molecule is Cc1cc(C)c(C(NN)c2ccc(C)c(Cl)c2)c(C)c1. The molecule has 0 amide bonds. The number of nitrogens with two attached hydrogens (primary N) is 1. The van der Waals surface area contributed by atoms with E-state index in [1.807, 2.05) is 19.1 Å². The molecule has 0 aromatic heterocycles. The Bertz CT molecular complexity index is 612. The molecule has 2 aromatic carbocycles. The van der Waals surface area contributed by atoms with E-state index in [2.05, 4.69) is 44.4 Å². The lowest BCUT2D eigenvalue weighted by molar-refractivity contribution is 0.630. The average molecular weight is 289 g/mol. The lowest BCUT2D eigenvalue weighted by Crippen LogP contribution is -2.30. The van der Waals surface area contributed by atoms with Gasteiger partial charge in [-0.1, -0.05) is 41.4 Å². The van der Waals surface area contributed by atoms with Crippen molar-refractivity contribution < 1.29 is 0 Å². The van der Waals surface area contributed by atoms with Crippen LogP contribution in [-0.2, 0) is 0 Å². The van der Waals surface area contributed by atoms with Gasteiger partial charge in [-0.3, -0.25) is 5.84 Å². The Morgan fingerprint density at radius 1 is 0.950 bits per heavy atom. The minimum Gasteiger partial charge on any atom is -0.271 e. The number of rotatable bonds is 3. The van der Waals surface area contributed by atoms with Crippen LogP contribution in [0.3, 0.4) is 0 Å². The van der Waals surface area contributed by atoms with Crippen LogP contribution < -0.4 is 11.3 Å². The van der Waals surface area contributed by atoms with Gasteiger partial charge in [0.25, 0.3) is 0 Å². The van der Waals surface area contributed by atoms with Crippen molar-refractivity contribution in [1.82, 2.24) is 5.43 Å². The molecule has 1 unspecified atom stereocenters. The van der Waals surface area contributed by atoms with Crippen LogP contribution >= 0.6 is 11.6 Å². The number of hydrazine groups is 1. The third-order valence-electron chi connectivity index (χ3n) is 3.72. The maximum atomic E-state index is 6.24. The Labute approximate surface area is 125 Å². The summed E-state index contributed by atoms with van der Waals surface area (Å²) in [5, 5.41) is 0.769. The molecule has 2 rings (SSSR count). The van der Waals surface area contributed by atoms with E-state index >= 15 is 0 Å². The summed E-state index contributed by atoms with van der Waals surface area (Å²) in [5.74, 6) is 5.81. The zero-order valence-electron chi connectivity index (χ0n) is 12.4. The molecule has 0 aliphatic heterocycles. The zero-order chi connectivity index (χ0) is 14.9. The molecule has 0 heterocycles. The van der Waals surface area contributed by atoms with Crippen molar-refractivity contribution in [1.29, 1.82) is 0 Å². The van der Waals surface area contributed by atoms with Gasteiger partial charge in [-0.05, 0) is 61.6 Å². The minimum absolute atomic E-state index is 0.0475. The molecule has 3 N–H and O–H groups in total. The minimum atomic E-state index is -0.0475. The predicted octanol–water partition coefficient (Wildman–Crippen LogP) is 4.13. The molecule has 1 atom stereocenters. The second-order valence-electron chi connectivity index (χ2n) is 5.42. The summed E-state index contributed by atoms with van der Waals surface area (Å²) < 4.78 is 0. The quantitative estimate of drug-likeness (QED) is 0.658. The first-order chi connectivity index (χ1) is 9.43. The first kappa shape index (κ1) is 15.0. The summed E-state index contributed by atoms with van der Waals surface area (Å²) in [6.07, 6.45) is 0. The lowest BCUT2D eigenvalue weighted by atomic mass is 9.90. The first-order valence-electron chi connectivity index (χ1n) is 6.74. The van der Waals surface area contributed by atoms with E-state index in [-0.39, 0.29) is 6.04 Å². The molecule has 0 aliphatic carbocycles. The van der Waals surface area contributed by atoms with E-state index in [1.165, 1.54) is 22.3 Å². The fourth-order valence-corrected chi connectivity index (χ4v) is 2.97. The monoisotopic (exact) mass is 288 g/mol. The molecule has 2 nitrogen and oxygen atoms in total. The van der Waals surface area contributed by atoms with Gasteiger partial charge < -0.3 is 0 Å². The van der Waals surface area contributed by atoms with E-state index in [4.69, 9.17) is 17.4 Å². The summed E-state index contributed by atoms with van der Waals surface area (Å²) in [4.78, 5) is 0. The smallest absolute Gasteiger partial charge is 0.0715 e. The van der Waals surface area contributed by atoms with Gasteiger partial charge in [-0.15, -0.1) is 0 Å². The molecular weight excluding hydrogens is 268 g/mol. The van der Waals surface area contributed by atoms with Crippen molar-refractivity contribution in [3.8, 4) is 0 Å². The molecule has 0 aliphatic rings. The van der Waals surface area contributed by atoms with Crippen molar-refractivity contribution in [2.24, 2.45) is 5.84 Å².